The molecule has 6 nitrogen and oxygen atoms in total. The number of hydrogen-bond donors (Lipinski definition) is 1. The molecule has 1 aromatic carbocycles. The van der Waals surface area contributed by atoms with Gasteiger partial charge in [-0.25, -0.2) is 0 Å². The van der Waals surface area contributed by atoms with Gasteiger partial charge >= 0.3 is 0 Å². The van der Waals surface area contributed by atoms with Gasteiger partial charge in [0.1, 0.15) is 0 Å². The normalized spacial score (nSPS) is 17.6. The van der Waals surface area contributed by atoms with E-state index < -0.39 is 10.5 Å². The van der Waals surface area contributed by atoms with E-state index in [-0.39, 0.29) is 17.6 Å². The van der Waals surface area contributed by atoms with Gasteiger partial charge in [0, 0.05) is 19.2 Å². The fourth-order valence-electron chi connectivity index (χ4n) is 2.00. The van der Waals surface area contributed by atoms with Crippen LogP contribution in [0.4, 0.5) is 5.69 Å². The Morgan fingerprint density at radius 3 is 2.68 bits per heavy atom. The lowest BCUT2D eigenvalue weighted by Crippen LogP contribution is -2.44. The average molecular weight is 263 g/mol. The third-order valence-corrected chi connectivity index (χ3v) is 3.68. The summed E-state index contributed by atoms with van der Waals surface area (Å²) in [6.07, 6.45) is 1.41. The van der Waals surface area contributed by atoms with E-state index in [9.17, 15) is 14.9 Å². The minimum atomic E-state index is -0.719. The molecule has 0 bridgehead atoms. The molecule has 2 rings (SSSR count). The number of nitro benzene ring substituents is 1. The van der Waals surface area contributed by atoms with Crippen LogP contribution in [0.5, 0.6) is 0 Å². The van der Waals surface area contributed by atoms with Crippen LogP contribution in [0.2, 0.25) is 0 Å². The quantitative estimate of drug-likeness (QED) is 0.660. The summed E-state index contributed by atoms with van der Waals surface area (Å²) in [6, 6.07) is 6.08. The van der Waals surface area contributed by atoms with Crippen molar-refractivity contribution in [1.82, 2.24) is 4.90 Å². The largest absolute Gasteiger partial charge is 0.337 e. The van der Waals surface area contributed by atoms with Gasteiger partial charge in [0.15, 0.2) is 0 Å². The fraction of sp³-hybridized carbons (Fsp3) is 0.462. The zero-order valence-electron chi connectivity index (χ0n) is 11.0. The molecule has 0 heterocycles. The maximum absolute atomic E-state index is 12.1. The van der Waals surface area contributed by atoms with Gasteiger partial charge in [0.25, 0.3) is 5.69 Å². The Hall–Kier alpha value is -1.95. The van der Waals surface area contributed by atoms with Gasteiger partial charge in [0.2, 0.25) is 5.91 Å². The molecule has 1 saturated carbocycles. The highest BCUT2D eigenvalue weighted by atomic mass is 16.6. The van der Waals surface area contributed by atoms with Crippen LogP contribution in [-0.2, 0) is 4.79 Å². The summed E-state index contributed by atoms with van der Waals surface area (Å²) in [5, 5.41) is 10.8. The van der Waals surface area contributed by atoms with E-state index in [1.807, 2.05) is 6.92 Å². The molecule has 0 aromatic heterocycles. The molecule has 19 heavy (non-hydrogen) atoms. The Morgan fingerprint density at radius 1 is 1.53 bits per heavy atom. The van der Waals surface area contributed by atoms with E-state index >= 15 is 0 Å². The average Bonchev–Trinajstić information content (AvgIpc) is 3.15. The predicted molar refractivity (Wildman–Crippen MR) is 70.4 cm³/mol. The van der Waals surface area contributed by atoms with Crippen LogP contribution < -0.4 is 5.73 Å². The van der Waals surface area contributed by atoms with Crippen LogP contribution in [-0.4, -0.2) is 28.3 Å². The molecule has 1 amide bonds. The summed E-state index contributed by atoms with van der Waals surface area (Å²) in [6.45, 7) is 1.84. The van der Waals surface area contributed by atoms with Crippen LogP contribution in [0.15, 0.2) is 24.3 Å². The van der Waals surface area contributed by atoms with Gasteiger partial charge in [-0.05, 0) is 25.3 Å². The van der Waals surface area contributed by atoms with E-state index in [0.29, 0.717) is 12.8 Å². The van der Waals surface area contributed by atoms with Crippen LogP contribution in [0.1, 0.15) is 31.4 Å². The lowest BCUT2D eigenvalue weighted by molar-refractivity contribution is -0.384. The van der Waals surface area contributed by atoms with Crippen molar-refractivity contribution in [2.24, 2.45) is 5.73 Å². The number of hydrogen-bond acceptors (Lipinski definition) is 4. The second-order valence-corrected chi connectivity index (χ2v) is 5.10. The molecule has 0 radical (unpaired) electrons. The molecule has 0 spiro atoms. The molecule has 1 aliphatic carbocycles. The highest BCUT2D eigenvalue weighted by Gasteiger charge is 2.48. The van der Waals surface area contributed by atoms with Crippen molar-refractivity contribution < 1.29 is 9.72 Å². The Morgan fingerprint density at radius 2 is 2.16 bits per heavy atom. The molecule has 1 atom stereocenters. The third kappa shape index (κ3) is 2.58. The summed E-state index contributed by atoms with van der Waals surface area (Å²) in [5.74, 6) is -0.105. The van der Waals surface area contributed by atoms with Crippen LogP contribution in [0.3, 0.4) is 0 Å². The Labute approximate surface area is 111 Å². The minimum absolute atomic E-state index is 0.0269. The first-order valence-electron chi connectivity index (χ1n) is 6.16. The molecule has 0 aliphatic heterocycles. The molecular formula is C13H17N3O3. The van der Waals surface area contributed by atoms with Crippen LogP contribution in [0.25, 0.3) is 0 Å². The Kier molecular flexibility index (Phi) is 3.28. The highest BCUT2D eigenvalue weighted by molar-refractivity contribution is 5.89. The summed E-state index contributed by atoms with van der Waals surface area (Å²) >= 11 is 0. The van der Waals surface area contributed by atoms with Gasteiger partial charge < -0.3 is 10.6 Å². The van der Waals surface area contributed by atoms with Gasteiger partial charge in [-0.1, -0.05) is 12.1 Å². The van der Waals surface area contributed by atoms with Crippen LogP contribution in [0, 0.1) is 10.1 Å². The topological polar surface area (TPSA) is 89.5 Å². The monoisotopic (exact) mass is 263 g/mol. The third-order valence-electron chi connectivity index (χ3n) is 3.68. The molecule has 102 valence electrons. The van der Waals surface area contributed by atoms with Crippen molar-refractivity contribution in [3.8, 4) is 0 Å². The number of nitrogens with zero attached hydrogens (tertiary/aromatic N) is 2. The van der Waals surface area contributed by atoms with E-state index in [0.717, 1.165) is 5.56 Å². The molecular weight excluding hydrogens is 246 g/mol. The van der Waals surface area contributed by atoms with E-state index in [2.05, 4.69) is 0 Å². The summed E-state index contributed by atoms with van der Waals surface area (Å²) in [5.41, 5.74) is 5.92. The molecule has 1 aromatic rings. The molecule has 1 fully saturated rings. The van der Waals surface area contributed by atoms with Crippen molar-refractivity contribution in [3.63, 3.8) is 0 Å². The SMILES string of the molecule is CC(c1cccc([N+](=O)[O-])c1)N(C)C(=O)C1(N)CC1. The first-order valence-corrected chi connectivity index (χ1v) is 6.16. The number of benzene rings is 1. The minimum Gasteiger partial charge on any atom is -0.337 e. The maximum Gasteiger partial charge on any atom is 0.269 e. The standard InChI is InChI=1S/C13H17N3O3/c1-9(15(2)12(17)13(14)6-7-13)10-4-3-5-11(8-10)16(18)19/h3-5,8-9H,6-7,14H2,1-2H3. The highest BCUT2D eigenvalue weighted by Crippen LogP contribution is 2.36. The molecule has 1 aliphatic rings. The van der Waals surface area contributed by atoms with Crippen molar-refractivity contribution in [1.29, 1.82) is 0 Å². The van der Waals surface area contributed by atoms with Crippen LogP contribution >= 0.6 is 0 Å². The van der Waals surface area contributed by atoms with E-state index in [1.165, 1.54) is 12.1 Å². The second kappa shape index (κ2) is 4.62. The smallest absolute Gasteiger partial charge is 0.269 e. The zero-order chi connectivity index (χ0) is 14.2. The number of carbonyl (C=O) groups excluding carboxylic acids is 1. The molecule has 0 saturated heterocycles. The molecule has 2 N–H and O–H groups in total. The zero-order valence-corrected chi connectivity index (χ0v) is 11.0. The van der Waals surface area contributed by atoms with Gasteiger partial charge in [-0.15, -0.1) is 0 Å². The molecule has 6 heteroatoms. The number of nitrogens with two attached hydrogens (primary N) is 1. The summed E-state index contributed by atoms with van der Waals surface area (Å²) in [7, 11) is 1.68. The van der Waals surface area contributed by atoms with E-state index in [4.69, 9.17) is 5.73 Å². The van der Waals surface area contributed by atoms with Gasteiger partial charge in [-0.3, -0.25) is 14.9 Å². The van der Waals surface area contributed by atoms with Crippen molar-refractivity contribution in [2.75, 3.05) is 7.05 Å². The lowest BCUT2D eigenvalue weighted by Gasteiger charge is -2.27. The number of amides is 1. The maximum atomic E-state index is 12.1. The van der Waals surface area contributed by atoms with E-state index in [1.54, 1.807) is 24.1 Å². The Bertz CT molecular complexity index is 526. The number of rotatable bonds is 4. The number of likely N-dealkylation sites (N-methyl/N-ethyl adjacent to an activating group) is 1. The summed E-state index contributed by atoms with van der Waals surface area (Å²) in [4.78, 5) is 24.0. The number of non-ortho nitro benzene ring substituents is 1. The second-order valence-electron chi connectivity index (χ2n) is 5.10. The van der Waals surface area contributed by atoms with Gasteiger partial charge in [0.05, 0.1) is 16.5 Å². The predicted octanol–water partition coefficient (Wildman–Crippen LogP) is 1.61. The molecule has 1 unspecified atom stereocenters. The Balaban J connectivity index is 2.19. The fourth-order valence-corrected chi connectivity index (χ4v) is 2.00. The van der Waals surface area contributed by atoms with Gasteiger partial charge in [-0.2, -0.15) is 0 Å². The summed E-state index contributed by atoms with van der Waals surface area (Å²) < 4.78 is 0. The first kappa shape index (κ1) is 13.5. The number of carbonyl (C=O) groups is 1. The van der Waals surface area contributed by atoms with Crippen molar-refractivity contribution in [3.05, 3.63) is 39.9 Å². The van der Waals surface area contributed by atoms with Crippen molar-refractivity contribution in [2.45, 2.75) is 31.3 Å². The first-order chi connectivity index (χ1) is 8.85. The lowest BCUT2D eigenvalue weighted by atomic mass is 10.1. The van der Waals surface area contributed by atoms with Crippen molar-refractivity contribution >= 4 is 11.6 Å². The number of nitro groups is 1.